The minimum atomic E-state index is -4.87. The summed E-state index contributed by atoms with van der Waals surface area (Å²) in [6.45, 7) is -0.692. The second-order valence-corrected chi connectivity index (χ2v) is 7.58. The van der Waals surface area contributed by atoms with Gasteiger partial charge in [0.05, 0.1) is 0 Å². The number of alkyl halides is 6. The van der Waals surface area contributed by atoms with E-state index in [9.17, 15) is 31.1 Å². The molecule has 0 aromatic carbocycles. The molecule has 2 aromatic rings. The average molecular weight is 453 g/mol. The molecule has 2 unspecified atom stereocenters. The van der Waals surface area contributed by atoms with E-state index in [-0.39, 0.29) is 4.52 Å². The number of likely N-dealkylation sites (tertiary alicyclic amines) is 1. The van der Waals surface area contributed by atoms with Crippen molar-refractivity contribution in [1.29, 1.82) is 0 Å². The normalized spacial score (nSPS) is 21.4. The minimum absolute atomic E-state index is 0.281. The maximum absolute atomic E-state index is 13.2. The molecule has 2 atom stereocenters. The van der Waals surface area contributed by atoms with Crippen molar-refractivity contribution in [3.05, 3.63) is 17.8 Å². The monoisotopic (exact) mass is 453 g/mol. The Hall–Kier alpha value is -2.93. The number of aromatic nitrogens is 3. The number of piperidine rings is 1. The first-order chi connectivity index (χ1) is 14.5. The number of hydrogen-bond donors (Lipinski definition) is 1. The van der Waals surface area contributed by atoms with Crippen LogP contribution >= 0.6 is 0 Å². The summed E-state index contributed by atoms with van der Waals surface area (Å²) in [7, 11) is 0. The van der Waals surface area contributed by atoms with E-state index < -0.39 is 48.1 Å². The summed E-state index contributed by atoms with van der Waals surface area (Å²) in [6, 6.07) is 1.24. The van der Waals surface area contributed by atoms with Crippen molar-refractivity contribution >= 4 is 17.7 Å². The standard InChI is InChI=1S/C17H17F6N5O3/c18-16(19,20)8-30-11-3-4-12(17(21,22)23)28-13(11)24-14(25-28)26-31-15(29)27-6-9-1-2-10(5-9)7-27/h3-4,9-10H,1-2,5-8H2,(H,25,26). The van der Waals surface area contributed by atoms with Gasteiger partial charge in [-0.25, -0.2) is 9.31 Å². The van der Waals surface area contributed by atoms with Crippen LogP contribution in [0.3, 0.4) is 0 Å². The Morgan fingerprint density at radius 1 is 1.13 bits per heavy atom. The molecule has 1 aliphatic carbocycles. The molecule has 1 aliphatic heterocycles. The van der Waals surface area contributed by atoms with Gasteiger partial charge in [0.2, 0.25) is 0 Å². The van der Waals surface area contributed by atoms with Crippen LogP contribution in [0.2, 0.25) is 0 Å². The molecule has 4 rings (SSSR count). The van der Waals surface area contributed by atoms with Crippen molar-refractivity contribution in [2.45, 2.75) is 31.6 Å². The number of pyridine rings is 1. The summed E-state index contributed by atoms with van der Waals surface area (Å²) in [6.07, 6.45) is -7.21. The summed E-state index contributed by atoms with van der Waals surface area (Å²) in [5.74, 6) is -0.323. The number of halogens is 6. The highest BCUT2D eigenvalue weighted by atomic mass is 19.4. The molecule has 1 saturated carbocycles. The zero-order valence-corrected chi connectivity index (χ0v) is 15.8. The molecule has 8 nitrogen and oxygen atoms in total. The number of hydrogen-bond acceptors (Lipinski definition) is 6. The maximum Gasteiger partial charge on any atom is 0.434 e. The van der Waals surface area contributed by atoms with Gasteiger partial charge < -0.3 is 14.5 Å². The lowest BCUT2D eigenvalue weighted by Crippen LogP contribution is -2.41. The number of anilines is 1. The molecule has 1 saturated heterocycles. The Morgan fingerprint density at radius 3 is 2.42 bits per heavy atom. The van der Waals surface area contributed by atoms with Gasteiger partial charge in [0, 0.05) is 13.1 Å². The molecular weight excluding hydrogens is 436 g/mol. The number of carbonyl (C=O) groups excluding carboxylic acids is 1. The van der Waals surface area contributed by atoms with Gasteiger partial charge in [-0.15, -0.1) is 5.10 Å². The number of fused-ring (bicyclic) bond motifs is 3. The van der Waals surface area contributed by atoms with E-state index in [1.54, 1.807) is 0 Å². The highest BCUT2D eigenvalue weighted by Gasteiger charge is 2.37. The van der Waals surface area contributed by atoms with Gasteiger partial charge in [-0.05, 0) is 43.2 Å². The molecule has 14 heteroatoms. The average Bonchev–Trinajstić information content (AvgIpc) is 3.25. The Bertz CT molecular complexity index is 964. The Balaban J connectivity index is 1.53. The van der Waals surface area contributed by atoms with Gasteiger partial charge in [0.25, 0.3) is 5.95 Å². The highest BCUT2D eigenvalue weighted by molar-refractivity contribution is 5.69. The third kappa shape index (κ3) is 4.71. The minimum Gasteiger partial charge on any atom is -0.480 e. The lowest BCUT2D eigenvalue weighted by atomic mass is 9.99. The molecule has 2 bridgehead atoms. The van der Waals surface area contributed by atoms with Gasteiger partial charge in [-0.2, -0.15) is 36.8 Å². The second-order valence-electron chi connectivity index (χ2n) is 7.58. The first-order valence-corrected chi connectivity index (χ1v) is 9.38. The molecule has 2 aromatic heterocycles. The summed E-state index contributed by atoms with van der Waals surface area (Å²) >= 11 is 0. The molecule has 2 fully saturated rings. The van der Waals surface area contributed by atoms with E-state index in [0.29, 0.717) is 31.0 Å². The van der Waals surface area contributed by atoms with Crippen molar-refractivity contribution in [1.82, 2.24) is 19.5 Å². The lowest BCUT2D eigenvalue weighted by molar-refractivity contribution is -0.153. The quantitative estimate of drug-likeness (QED) is 0.559. The first-order valence-electron chi connectivity index (χ1n) is 9.38. The lowest BCUT2D eigenvalue weighted by Gasteiger charge is -2.30. The van der Waals surface area contributed by atoms with Crippen molar-refractivity contribution in [2.75, 3.05) is 25.2 Å². The number of ether oxygens (including phenoxy) is 1. The van der Waals surface area contributed by atoms with Crippen molar-refractivity contribution < 1.29 is 40.7 Å². The molecule has 3 heterocycles. The molecule has 170 valence electrons. The number of carbonyl (C=O) groups is 1. The van der Waals surface area contributed by atoms with Crippen LogP contribution in [0, 0.1) is 11.8 Å². The Kier molecular flexibility index (Phi) is 5.25. The van der Waals surface area contributed by atoms with E-state index in [0.717, 1.165) is 25.3 Å². The van der Waals surface area contributed by atoms with E-state index in [1.807, 2.05) is 0 Å². The van der Waals surface area contributed by atoms with Gasteiger partial charge in [-0.3, -0.25) is 0 Å². The summed E-state index contributed by atoms with van der Waals surface area (Å²) in [5.41, 5.74) is 0.173. The third-order valence-corrected chi connectivity index (χ3v) is 5.22. The summed E-state index contributed by atoms with van der Waals surface area (Å²) < 4.78 is 81.9. The van der Waals surface area contributed by atoms with Gasteiger partial charge in [0.1, 0.15) is 5.69 Å². The van der Waals surface area contributed by atoms with Gasteiger partial charge in [0.15, 0.2) is 18.0 Å². The zero-order chi connectivity index (χ0) is 22.4. The van der Waals surface area contributed by atoms with Gasteiger partial charge in [-0.1, -0.05) is 0 Å². The van der Waals surface area contributed by atoms with Crippen LogP contribution in [0.15, 0.2) is 12.1 Å². The Morgan fingerprint density at radius 2 is 1.81 bits per heavy atom. The smallest absolute Gasteiger partial charge is 0.434 e. The largest absolute Gasteiger partial charge is 0.480 e. The predicted molar refractivity (Wildman–Crippen MR) is 92.0 cm³/mol. The molecule has 31 heavy (non-hydrogen) atoms. The summed E-state index contributed by atoms with van der Waals surface area (Å²) in [5, 5.41) is 3.56. The number of amides is 1. The number of nitrogens with one attached hydrogen (secondary N) is 1. The van der Waals surface area contributed by atoms with Crippen LogP contribution in [-0.2, 0) is 11.0 Å². The molecule has 0 spiro atoms. The van der Waals surface area contributed by atoms with Gasteiger partial charge >= 0.3 is 18.4 Å². The predicted octanol–water partition coefficient (Wildman–Crippen LogP) is 3.88. The maximum atomic E-state index is 13.2. The Labute approximate surface area is 171 Å². The SMILES string of the molecule is O=C(ONc1nc2c(OCC(F)(F)F)ccc(C(F)(F)F)n2n1)N1CC2CCC(C2)C1. The van der Waals surface area contributed by atoms with Crippen molar-refractivity contribution in [3.8, 4) is 5.75 Å². The van der Waals surface area contributed by atoms with Crippen molar-refractivity contribution in [3.63, 3.8) is 0 Å². The van der Waals surface area contributed by atoms with Crippen LogP contribution < -0.4 is 10.2 Å². The molecule has 1 N–H and O–H groups in total. The van der Waals surface area contributed by atoms with E-state index in [4.69, 9.17) is 4.84 Å². The molecule has 2 aliphatic rings. The fourth-order valence-corrected chi connectivity index (χ4v) is 3.98. The first kappa shape index (κ1) is 21.3. The topological polar surface area (TPSA) is 81.0 Å². The van der Waals surface area contributed by atoms with Crippen LogP contribution in [0.4, 0.5) is 37.1 Å². The van der Waals surface area contributed by atoms with Crippen LogP contribution in [0.1, 0.15) is 25.0 Å². The third-order valence-electron chi connectivity index (χ3n) is 5.22. The van der Waals surface area contributed by atoms with Crippen LogP contribution in [0.5, 0.6) is 5.75 Å². The number of rotatable bonds is 4. The highest BCUT2D eigenvalue weighted by Crippen LogP contribution is 2.36. The van der Waals surface area contributed by atoms with Crippen molar-refractivity contribution in [2.24, 2.45) is 11.8 Å². The van der Waals surface area contributed by atoms with Crippen LogP contribution in [-0.4, -0.2) is 51.5 Å². The van der Waals surface area contributed by atoms with E-state index in [2.05, 4.69) is 20.3 Å². The summed E-state index contributed by atoms with van der Waals surface area (Å²) in [4.78, 5) is 22.4. The zero-order valence-electron chi connectivity index (χ0n) is 15.8. The fraction of sp³-hybridized carbons (Fsp3) is 0.588. The fourth-order valence-electron chi connectivity index (χ4n) is 3.98. The van der Waals surface area contributed by atoms with E-state index in [1.165, 1.54) is 4.90 Å². The van der Waals surface area contributed by atoms with E-state index >= 15 is 0 Å². The number of nitrogens with zero attached hydrogens (tertiary/aromatic N) is 4. The van der Waals surface area contributed by atoms with Crippen LogP contribution in [0.25, 0.3) is 5.65 Å². The second kappa shape index (κ2) is 7.64. The molecular formula is C17H17F6N5O3. The molecule has 1 amide bonds. The molecule has 0 radical (unpaired) electrons.